The largest absolute Gasteiger partial charge is 0.508 e. The van der Waals surface area contributed by atoms with Crippen LogP contribution in [0.25, 0.3) is 0 Å². The number of thiol groups is 1. The first kappa shape index (κ1) is 27.8. The summed E-state index contributed by atoms with van der Waals surface area (Å²) in [4.78, 5) is 41.2. The van der Waals surface area contributed by atoms with Crippen molar-refractivity contribution in [1.82, 2.24) is 15.5 Å². The first-order valence-electron chi connectivity index (χ1n) is 11.9. The molecule has 1 aromatic rings. The minimum Gasteiger partial charge on any atom is -0.508 e. The Labute approximate surface area is 208 Å². The minimum atomic E-state index is -0.980. The summed E-state index contributed by atoms with van der Waals surface area (Å²) in [6.07, 6.45) is 1.72. The fraction of sp³-hybridized carbons (Fsp3) is 0.640. The summed E-state index contributed by atoms with van der Waals surface area (Å²) >= 11 is 4.30. The second-order valence-corrected chi connectivity index (χ2v) is 10.5. The normalized spacial score (nSPS) is 20.0. The fourth-order valence-corrected chi connectivity index (χ4v) is 4.20. The summed E-state index contributed by atoms with van der Waals surface area (Å²) in [5.41, 5.74) is -0.220. The smallest absolute Gasteiger partial charge is 0.408 e. The van der Waals surface area contributed by atoms with Crippen molar-refractivity contribution in [1.29, 1.82) is 0 Å². The van der Waals surface area contributed by atoms with Gasteiger partial charge in [0.2, 0.25) is 11.8 Å². The Kier molecular flexibility index (Phi) is 9.67. The van der Waals surface area contributed by atoms with Crippen LogP contribution in [0, 0.1) is 5.92 Å². The first-order valence-corrected chi connectivity index (χ1v) is 12.5. The van der Waals surface area contributed by atoms with Crippen LogP contribution < -0.4 is 10.6 Å². The molecule has 5 unspecified atom stereocenters. The van der Waals surface area contributed by atoms with Gasteiger partial charge in [0.15, 0.2) is 0 Å². The SMILES string of the molecule is CCCC(C)NC(=O)C(c1cccc(O)c1)N(C(=O)C(CS)NC(=O)OC(C)(C)C)C1CC1C. The molecule has 5 atom stereocenters. The van der Waals surface area contributed by atoms with Crippen LogP contribution in [-0.2, 0) is 14.3 Å². The number of ether oxygens (including phenoxy) is 1. The van der Waals surface area contributed by atoms with Crippen LogP contribution in [0.3, 0.4) is 0 Å². The second kappa shape index (κ2) is 11.8. The number of carbonyl (C=O) groups excluding carboxylic acids is 3. The van der Waals surface area contributed by atoms with Crippen LogP contribution in [0.1, 0.15) is 72.4 Å². The van der Waals surface area contributed by atoms with E-state index in [4.69, 9.17) is 4.74 Å². The molecule has 1 aromatic carbocycles. The van der Waals surface area contributed by atoms with E-state index >= 15 is 0 Å². The Balaban J connectivity index is 2.42. The van der Waals surface area contributed by atoms with Crippen molar-refractivity contribution in [2.24, 2.45) is 5.92 Å². The molecule has 0 aromatic heterocycles. The maximum absolute atomic E-state index is 13.8. The zero-order chi connectivity index (χ0) is 25.6. The van der Waals surface area contributed by atoms with Crippen molar-refractivity contribution in [3.8, 4) is 5.75 Å². The summed E-state index contributed by atoms with van der Waals surface area (Å²) in [7, 11) is 0. The van der Waals surface area contributed by atoms with Crippen LogP contribution in [-0.4, -0.2) is 57.4 Å². The maximum Gasteiger partial charge on any atom is 0.408 e. The molecular weight excluding hydrogens is 454 g/mol. The summed E-state index contributed by atoms with van der Waals surface area (Å²) in [5.74, 6) is -0.496. The van der Waals surface area contributed by atoms with Crippen molar-refractivity contribution in [2.75, 3.05) is 5.75 Å². The number of nitrogens with one attached hydrogen (secondary N) is 2. The van der Waals surface area contributed by atoms with E-state index in [1.165, 1.54) is 12.1 Å². The standard InChI is InChI=1S/C25H39N3O5S/c1-7-9-16(3)26-22(30)21(17-10-8-11-18(29)13-17)28(20-12-15(20)2)23(31)19(14-34)27-24(32)33-25(4,5)6/h8,10-11,13,15-16,19-21,29,34H,7,9,12,14H2,1-6H3,(H,26,30)(H,27,32). The van der Waals surface area contributed by atoms with Gasteiger partial charge >= 0.3 is 6.09 Å². The van der Waals surface area contributed by atoms with Gasteiger partial charge in [0, 0.05) is 17.8 Å². The second-order valence-electron chi connectivity index (χ2n) is 10.1. The van der Waals surface area contributed by atoms with E-state index in [9.17, 15) is 19.5 Å². The van der Waals surface area contributed by atoms with Crippen molar-refractivity contribution in [3.05, 3.63) is 29.8 Å². The van der Waals surface area contributed by atoms with E-state index in [0.717, 1.165) is 19.3 Å². The third kappa shape index (κ3) is 7.82. The van der Waals surface area contributed by atoms with Crippen molar-refractivity contribution in [3.63, 3.8) is 0 Å². The molecule has 8 nitrogen and oxygen atoms in total. The molecule has 190 valence electrons. The summed E-state index contributed by atoms with van der Waals surface area (Å²) in [5, 5.41) is 15.7. The molecule has 1 aliphatic carbocycles. The predicted octanol–water partition coefficient (Wildman–Crippen LogP) is 3.80. The number of amides is 3. The quantitative estimate of drug-likeness (QED) is 0.371. The Hall–Kier alpha value is -2.42. The van der Waals surface area contributed by atoms with Crippen LogP contribution in [0.4, 0.5) is 4.79 Å². The number of rotatable bonds is 10. The van der Waals surface area contributed by atoms with Crippen LogP contribution in [0.2, 0.25) is 0 Å². The van der Waals surface area contributed by atoms with Gasteiger partial charge in [0.25, 0.3) is 0 Å². The van der Waals surface area contributed by atoms with Crippen molar-refractivity contribution >= 4 is 30.5 Å². The molecule has 0 bridgehead atoms. The zero-order valence-corrected chi connectivity index (χ0v) is 21.9. The van der Waals surface area contributed by atoms with Gasteiger partial charge in [0.1, 0.15) is 23.4 Å². The molecule has 9 heteroatoms. The minimum absolute atomic E-state index is 0.00535. The fourth-order valence-electron chi connectivity index (χ4n) is 3.95. The summed E-state index contributed by atoms with van der Waals surface area (Å²) in [6.45, 7) is 11.2. The molecule has 0 heterocycles. The lowest BCUT2D eigenvalue weighted by atomic mass is 10.0. The highest BCUT2D eigenvalue weighted by atomic mass is 32.1. The third-order valence-corrected chi connectivity index (χ3v) is 6.04. The average Bonchev–Trinajstić information content (AvgIpc) is 3.44. The number of hydrogen-bond donors (Lipinski definition) is 4. The third-order valence-electron chi connectivity index (χ3n) is 5.67. The Morgan fingerprint density at radius 2 is 1.91 bits per heavy atom. The number of benzene rings is 1. The van der Waals surface area contributed by atoms with E-state index in [1.807, 2.05) is 20.8 Å². The number of alkyl carbamates (subject to hydrolysis) is 1. The van der Waals surface area contributed by atoms with Crippen LogP contribution in [0.5, 0.6) is 5.75 Å². The van der Waals surface area contributed by atoms with E-state index < -0.39 is 29.7 Å². The van der Waals surface area contributed by atoms with Crippen LogP contribution >= 0.6 is 12.6 Å². The molecule has 1 aliphatic rings. The van der Waals surface area contributed by atoms with Gasteiger partial charge in [-0.2, -0.15) is 12.6 Å². The van der Waals surface area contributed by atoms with Crippen LogP contribution in [0.15, 0.2) is 24.3 Å². The number of phenols is 1. The van der Waals surface area contributed by atoms with Gasteiger partial charge in [0.05, 0.1) is 0 Å². The monoisotopic (exact) mass is 493 g/mol. The highest BCUT2D eigenvalue weighted by Crippen LogP contribution is 2.41. The Morgan fingerprint density at radius 3 is 2.41 bits per heavy atom. The molecular formula is C25H39N3O5S. The number of aromatic hydroxyl groups is 1. The van der Waals surface area contributed by atoms with Gasteiger partial charge in [-0.1, -0.05) is 32.4 Å². The van der Waals surface area contributed by atoms with Crippen molar-refractivity contribution in [2.45, 2.75) is 90.6 Å². The molecule has 1 fully saturated rings. The molecule has 34 heavy (non-hydrogen) atoms. The lowest BCUT2D eigenvalue weighted by molar-refractivity contribution is -0.143. The molecule has 0 spiro atoms. The topological polar surface area (TPSA) is 108 Å². The highest BCUT2D eigenvalue weighted by Gasteiger charge is 2.48. The molecule has 1 saturated carbocycles. The van der Waals surface area contributed by atoms with Gasteiger partial charge in [-0.05, 0) is 64.2 Å². The molecule has 2 rings (SSSR count). The zero-order valence-electron chi connectivity index (χ0n) is 21.0. The highest BCUT2D eigenvalue weighted by molar-refractivity contribution is 7.80. The molecule has 0 saturated heterocycles. The van der Waals surface area contributed by atoms with E-state index in [1.54, 1.807) is 37.8 Å². The van der Waals surface area contributed by atoms with E-state index in [0.29, 0.717) is 5.56 Å². The molecule has 0 aliphatic heterocycles. The molecule has 3 amide bonds. The van der Waals surface area contributed by atoms with E-state index in [2.05, 4.69) is 23.3 Å². The lowest BCUT2D eigenvalue weighted by Gasteiger charge is -2.35. The Morgan fingerprint density at radius 1 is 1.26 bits per heavy atom. The van der Waals surface area contributed by atoms with E-state index in [-0.39, 0.29) is 35.4 Å². The van der Waals surface area contributed by atoms with Gasteiger partial charge in [-0.25, -0.2) is 4.79 Å². The van der Waals surface area contributed by atoms with Gasteiger partial charge in [-0.15, -0.1) is 0 Å². The number of phenolic OH excluding ortho intramolecular Hbond substituents is 1. The summed E-state index contributed by atoms with van der Waals surface area (Å²) in [6, 6.07) is 4.20. The van der Waals surface area contributed by atoms with Crippen molar-refractivity contribution < 1.29 is 24.2 Å². The predicted molar refractivity (Wildman–Crippen MR) is 135 cm³/mol. The number of nitrogens with zero attached hydrogens (tertiary/aromatic N) is 1. The number of hydrogen-bond acceptors (Lipinski definition) is 6. The number of carbonyl (C=O) groups is 3. The maximum atomic E-state index is 13.8. The molecule has 0 radical (unpaired) electrons. The Bertz CT molecular complexity index is 872. The summed E-state index contributed by atoms with van der Waals surface area (Å²) < 4.78 is 5.32. The average molecular weight is 494 g/mol. The van der Waals surface area contributed by atoms with Gasteiger partial charge < -0.3 is 25.4 Å². The van der Waals surface area contributed by atoms with Gasteiger partial charge in [-0.3, -0.25) is 9.59 Å². The molecule has 3 N–H and O–H groups in total. The lowest BCUT2D eigenvalue weighted by Crippen LogP contribution is -2.55. The first-order chi connectivity index (χ1) is 15.9.